The molecule has 0 unspecified atom stereocenters. The van der Waals surface area contributed by atoms with Crippen LogP contribution in [0.1, 0.15) is 49.1 Å². The molecule has 2 amide bonds. The maximum Gasteiger partial charge on any atom is 0.294 e. The molecule has 0 radical (unpaired) electrons. The molecule has 3 aliphatic rings. The van der Waals surface area contributed by atoms with Crippen molar-refractivity contribution in [2.75, 3.05) is 54.9 Å². The largest absolute Gasteiger partial charge is 0.447 e. The fraction of sp³-hybridized carbons (Fsp3) is 0.500. The Kier molecular flexibility index (Phi) is 7.67. The highest BCUT2D eigenvalue weighted by Gasteiger charge is 2.32. The van der Waals surface area contributed by atoms with Gasteiger partial charge in [0, 0.05) is 44.3 Å². The number of amides is 2. The SMILES string of the molecule is O=C(Nc1ccc(Cl)cn1)c1oc2ccc(N3CCCC3)nc2c1NC(=O)C1CCC(N2CCOCC2)CC1. The van der Waals surface area contributed by atoms with E-state index in [4.69, 9.17) is 25.7 Å². The first-order valence-corrected chi connectivity index (χ1v) is 14.2. The van der Waals surface area contributed by atoms with Gasteiger partial charge in [-0.15, -0.1) is 0 Å². The molecular formula is C28H33ClN6O4. The molecule has 206 valence electrons. The summed E-state index contributed by atoms with van der Waals surface area (Å²) in [6.07, 6.45) is 7.22. The number of morpholine rings is 1. The average Bonchev–Trinajstić information content (AvgIpc) is 3.63. The summed E-state index contributed by atoms with van der Waals surface area (Å²) in [6, 6.07) is 7.46. The van der Waals surface area contributed by atoms with Crippen LogP contribution >= 0.6 is 11.6 Å². The van der Waals surface area contributed by atoms with E-state index >= 15 is 0 Å². The van der Waals surface area contributed by atoms with Crippen molar-refractivity contribution >= 4 is 51.8 Å². The minimum atomic E-state index is -0.517. The Balaban J connectivity index is 1.24. The van der Waals surface area contributed by atoms with E-state index in [1.165, 1.54) is 6.20 Å². The van der Waals surface area contributed by atoms with E-state index in [2.05, 4.69) is 25.4 Å². The van der Waals surface area contributed by atoms with Gasteiger partial charge in [-0.1, -0.05) is 11.6 Å². The van der Waals surface area contributed by atoms with Crippen molar-refractivity contribution in [1.82, 2.24) is 14.9 Å². The maximum atomic E-state index is 13.5. The summed E-state index contributed by atoms with van der Waals surface area (Å²) in [5, 5.41) is 6.25. The van der Waals surface area contributed by atoms with Crippen LogP contribution in [-0.4, -0.2) is 72.1 Å². The molecule has 2 saturated heterocycles. The lowest BCUT2D eigenvalue weighted by molar-refractivity contribution is -0.121. The van der Waals surface area contributed by atoms with E-state index < -0.39 is 5.91 Å². The number of pyridine rings is 2. The standard InChI is InChI=1S/C28H33ClN6O4/c29-19-5-9-22(30-17-19)31-28(37)26-25(24-21(39-26)8-10-23(32-24)35-11-1-2-12-35)33-27(36)18-3-6-20(7-4-18)34-13-15-38-16-14-34/h5,8-10,17-18,20H,1-4,6-7,11-16H2,(H,33,36)(H,30,31,37). The molecular weight excluding hydrogens is 520 g/mol. The maximum absolute atomic E-state index is 13.5. The van der Waals surface area contributed by atoms with E-state index in [1.807, 2.05) is 12.1 Å². The predicted octanol–water partition coefficient (Wildman–Crippen LogP) is 4.56. The number of hydrogen-bond donors (Lipinski definition) is 2. The monoisotopic (exact) mass is 552 g/mol. The van der Waals surface area contributed by atoms with Crippen molar-refractivity contribution in [1.29, 1.82) is 0 Å². The highest BCUT2D eigenvalue weighted by molar-refractivity contribution is 6.30. The zero-order valence-corrected chi connectivity index (χ0v) is 22.6. The van der Waals surface area contributed by atoms with E-state index in [0.717, 1.165) is 83.7 Å². The minimum Gasteiger partial charge on any atom is -0.447 e. The van der Waals surface area contributed by atoms with Gasteiger partial charge in [0.05, 0.1) is 18.2 Å². The number of hydrogen-bond acceptors (Lipinski definition) is 8. The quantitative estimate of drug-likeness (QED) is 0.458. The van der Waals surface area contributed by atoms with Crippen LogP contribution in [0.4, 0.5) is 17.3 Å². The Labute approximate surface area is 232 Å². The summed E-state index contributed by atoms with van der Waals surface area (Å²) in [4.78, 5) is 40.5. The Morgan fingerprint density at radius 2 is 1.72 bits per heavy atom. The Hall–Kier alpha value is -3.21. The number of furan rings is 1. The van der Waals surface area contributed by atoms with Crippen LogP contribution in [0.2, 0.25) is 5.02 Å². The smallest absolute Gasteiger partial charge is 0.294 e. The highest BCUT2D eigenvalue weighted by atomic mass is 35.5. The zero-order valence-electron chi connectivity index (χ0n) is 21.8. The first-order chi connectivity index (χ1) is 19.0. The number of halogens is 1. The predicted molar refractivity (Wildman–Crippen MR) is 149 cm³/mol. The van der Waals surface area contributed by atoms with E-state index in [1.54, 1.807) is 12.1 Å². The number of carbonyl (C=O) groups is 2. The molecule has 2 N–H and O–H groups in total. The van der Waals surface area contributed by atoms with Crippen molar-refractivity contribution < 1.29 is 18.7 Å². The lowest BCUT2D eigenvalue weighted by atomic mass is 9.84. The van der Waals surface area contributed by atoms with Gasteiger partial charge in [0.25, 0.3) is 5.91 Å². The molecule has 0 aromatic carbocycles. The average molecular weight is 553 g/mol. The number of nitrogens with zero attached hydrogens (tertiary/aromatic N) is 4. The molecule has 3 aromatic rings. The van der Waals surface area contributed by atoms with Gasteiger partial charge in [-0.3, -0.25) is 14.5 Å². The van der Waals surface area contributed by atoms with Crippen molar-refractivity contribution in [2.24, 2.45) is 5.92 Å². The Morgan fingerprint density at radius 3 is 2.44 bits per heavy atom. The number of nitrogens with one attached hydrogen (secondary N) is 2. The molecule has 11 heteroatoms. The fourth-order valence-corrected chi connectivity index (χ4v) is 5.97. The molecule has 1 aliphatic carbocycles. The molecule has 39 heavy (non-hydrogen) atoms. The molecule has 0 atom stereocenters. The third kappa shape index (κ3) is 5.73. The van der Waals surface area contributed by atoms with Crippen LogP contribution in [0.3, 0.4) is 0 Å². The summed E-state index contributed by atoms with van der Waals surface area (Å²) >= 11 is 5.94. The van der Waals surface area contributed by atoms with Gasteiger partial charge in [-0.2, -0.15) is 0 Å². The van der Waals surface area contributed by atoms with Crippen LogP contribution in [0.25, 0.3) is 11.1 Å². The minimum absolute atomic E-state index is 0.00294. The molecule has 6 rings (SSSR count). The molecule has 3 fully saturated rings. The van der Waals surface area contributed by atoms with E-state index in [0.29, 0.717) is 33.7 Å². The summed E-state index contributed by atoms with van der Waals surface area (Å²) in [7, 11) is 0. The van der Waals surface area contributed by atoms with Crippen LogP contribution in [0.15, 0.2) is 34.9 Å². The van der Waals surface area contributed by atoms with Gasteiger partial charge in [-0.05, 0) is 62.8 Å². The Bertz CT molecular complexity index is 1330. The van der Waals surface area contributed by atoms with Crippen LogP contribution in [-0.2, 0) is 9.53 Å². The van der Waals surface area contributed by atoms with Crippen molar-refractivity contribution in [3.63, 3.8) is 0 Å². The third-order valence-electron chi connectivity index (χ3n) is 8.00. The van der Waals surface area contributed by atoms with Crippen molar-refractivity contribution in [2.45, 2.75) is 44.6 Å². The second-order valence-electron chi connectivity index (χ2n) is 10.5. The van der Waals surface area contributed by atoms with Gasteiger partial charge < -0.3 is 24.7 Å². The fourth-order valence-electron chi connectivity index (χ4n) is 5.86. The first-order valence-electron chi connectivity index (χ1n) is 13.8. The summed E-state index contributed by atoms with van der Waals surface area (Å²) in [5.74, 6) is 0.385. The van der Waals surface area contributed by atoms with Crippen LogP contribution < -0.4 is 15.5 Å². The summed E-state index contributed by atoms with van der Waals surface area (Å²) in [6.45, 7) is 5.32. The molecule has 0 spiro atoms. The number of fused-ring (bicyclic) bond motifs is 1. The lowest BCUT2D eigenvalue weighted by Crippen LogP contribution is -2.45. The van der Waals surface area contributed by atoms with Crippen LogP contribution in [0, 0.1) is 5.92 Å². The highest BCUT2D eigenvalue weighted by Crippen LogP contribution is 2.35. The van der Waals surface area contributed by atoms with Gasteiger partial charge in [0.2, 0.25) is 11.7 Å². The van der Waals surface area contributed by atoms with Gasteiger partial charge in [0.1, 0.15) is 22.8 Å². The first kappa shape index (κ1) is 26.0. The van der Waals surface area contributed by atoms with E-state index in [9.17, 15) is 9.59 Å². The Morgan fingerprint density at radius 1 is 0.949 bits per heavy atom. The number of anilines is 3. The molecule has 3 aromatic heterocycles. The second kappa shape index (κ2) is 11.5. The number of carbonyl (C=O) groups excluding carboxylic acids is 2. The lowest BCUT2D eigenvalue weighted by Gasteiger charge is -2.38. The zero-order chi connectivity index (χ0) is 26.8. The van der Waals surface area contributed by atoms with Gasteiger partial charge in [0.15, 0.2) is 5.58 Å². The number of rotatable bonds is 6. The topological polar surface area (TPSA) is 113 Å². The number of aromatic nitrogens is 2. The molecule has 2 aliphatic heterocycles. The molecule has 10 nitrogen and oxygen atoms in total. The molecule has 0 bridgehead atoms. The molecule has 1 saturated carbocycles. The second-order valence-corrected chi connectivity index (χ2v) is 10.9. The number of ether oxygens (including phenoxy) is 1. The van der Waals surface area contributed by atoms with Gasteiger partial charge in [-0.25, -0.2) is 9.97 Å². The van der Waals surface area contributed by atoms with Crippen molar-refractivity contribution in [3.05, 3.63) is 41.2 Å². The molecule has 5 heterocycles. The van der Waals surface area contributed by atoms with Crippen molar-refractivity contribution in [3.8, 4) is 0 Å². The summed E-state index contributed by atoms with van der Waals surface area (Å²) < 4.78 is 11.5. The van der Waals surface area contributed by atoms with Gasteiger partial charge >= 0.3 is 0 Å². The third-order valence-corrected chi connectivity index (χ3v) is 8.23. The van der Waals surface area contributed by atoms with E-state index in [-0.39, 0.29) is 17.6 Å². The summed E-state index contributed by atoms with van der Waals surface area (Å²) in [5.41, 5.74) is 1.22. The van der Waals surface area contributed by atoms with Crippen LogP contribution in [0.5, 0.6) is 0 Å². The normalized spacial score (nSPS) is 22.2.